The largest absolute Gasteiger partial charge is 0.458 e. The zero-order valence-electron chi connectivity index (χ0n) is 18.2. The molecule has 1 heterocycles. The predicted molar refractivity (Wildman–Crippen MR) is 106 cm³/mol. The molecule has 1 saturated carbocycles. The molecular formula is C22H33NO6. The van der Waals surface area contributed by atoms with Crippen molar-refractivity contribution in [2.45, 2.75) is 79.1 Å². The van der Waals surface area contributed by atoms with Crippen molar-refractivity contribution < 1.29 is 29.0 Å². The molecule has 5 atom stereocenters. The lowest BCUT2D eigenvalue weighted by molar-refractivity contribution is -0.159. The number of carbonyl (C=O) groups excluding carboxylic acids is 3. The molecule has 0 aromatic carbocycles. The maximum atomic E-state index is 12.9. The van der Waals surface area contributed by atoms with Crippen LogP contribution in [0.1, 0.15) is 60.8 Å². The lowest BCUT2D eigenvalue weighted by atomic mass is 9.49. The third-order valence-electron chi connectivity index (χ3n) is 7.27. The van der Waals surface area contributed by atoms with Gasteiger partial charge in [0.25, 0.3) is 0 Å². The van der Waals surface area contributed by atoms with Gasteiger partial charge in [-0.2, -0.15) is 0 Å². The van der Waals surface area contributed by atoms with E-state index >= 15 is 0 Å². The summed E-state index contributed by atoms with van der Waals surface area (Å²) >= 11 is 0. The molecule has 2 aliphatic carbocycles. The van der Waals surface area contributed by atoms with E-state index in [1.54, 1.807) is 0 Å². The van der Waals surface area contributed by atoms with E-state index in [4.69, 9.17) is 9.47 Å². The number of hydrogen-bond donors (Lipinski definition) is 2. The zero-order chi connectivity index (χ0) is 21.7. The van der Waals surface area contributed by atoms with Crippen molar-refractivity contribution in [3.63, 3.8) is 0 Å². The van der Waals surface area contributed by atoms with E-state index in [-0.39, 0.29) is 29.8 Å². The summed E-state index contributed by atoms with van der Waals surface area (Å²) in [6, 6.07) is -0.785. The normalized spacial score (nSPS) is 34.2. The van der Waals surface area contributed by atoms with E-state index in [1.165, 1.54) is 6.92 Å². The molecule has 29 heavy (non-hydrogen) atoms. The Morgan fingerprint density at radius 2 is 1.93 bits per heavy atom. The fourth-order valence-corrected chi connectivity index (χ4v) is 5.56. The smallest absolute Gasteiger partial charge is 0.338 e. The molecule has 3 aliphatic rings. The van der Waals surface area contributed by atoms with Crippen LogP contribution in [-0.2, 0) is 23.9 Å². The average Bonchev–Trinajstić information content (AvgIpc) is 3.01. The summed E-state index contributed by atoms with van der Waals surface area (Å²) < 4.78 is 11.2. The van der Waals surface area contributed by atoms with Crippen molar-refractivity contribution in [3.8, 4) is 0 Å². The molecule has 7 heteroatoms. The molecule has 0 bridgehead atoms. The van der Waals surface area contributed by atoms with Crippen LogP contribution in [0.25, 0.3) is 0 Å². The Kier molecular flexibility index (Phi) is 5.58. The molecule has 0 aromatic rings. The molecule has 5 unspecified atom stereocenters. The fourth-order valence-electron chi connectivity index (χ4n) is 5.56. The average molecular weight is 408 g/mol. The number of fused-ring (bicyclic) bond motifs is 2. The summed E-state index contributed by atoms with van der Waals surface area (Å²) in [4.78, 5) is 36.9. The second-order valence-corrected chi connectivity index (χ2v) is 9.93. The van der Waals surface area contributed by atoms with Crippen molar-refractivity contribution in [1.82, 2.24) is 5.32 Å². The Bertz CT molecular complexity index is 754. The van der Waals surface area contributed by atoms with Crippen molar-refractivity contribution in [3.05, 3.63) is 11.1 Å². The highest BCUT2D eigenvalue weighted by atomic mass is 16.6. The summed E-state index contributed by atoms with van der Waals surface area (Å²) in [5.41, 5.74) is 0.468. The molecule has 3 rings (SSSR count). The predicted octanol–water partition coefficient (Wildman–Crippen LogP) is 2.12. The Balaban J connectivity index is 1.97. The number of ether oxygens (including phenoxy) is 2. The maximum Gasteiger partial charge on any atom is 0.338 e. The second-order valence-electron chi connectivity index (χ2n) is 9.93. The van der Waals surface area contributed by atoms with Crippen LogP contribution >= 0.6 is 0 Å². The van der Waals surface area contributed by atoms with Crippen LogP contribution in [0, 0.1) is 22.7 Å². The Hall–Kier alpha value is -1.89. The SMILES string of the molecule is CC(=O)NC(C(=O)OC1CC2C(C)(C)CCC(O)C2(C)C2=C1C(=O)OC2)C(C)C. The van der Waals surface area contributed by atoms with Gasteiger partial charge in [-0.3, -0.25) is 4.79 Å². The quantitative estimate of drug-likeness (QED) is 0.692. The number of aliphatic hydroxyl groups excluding tert-OH is 1. The van der Waals surface area contributed by atoms with Gasteiger partial charge in [0.1, 0.15) is 18.8 Å². The van der Waals surface area contributed by atoms with E-state index in [0.717, 1.165) is 12.0 Å². The Morgan fingerprint density at radius 3 is 2.52 bits per heavy atom. The van der Waals surface area contributed by atoms with Crippen LogP contribution in [-0.4, -0.2) is 47.8 Å². The van der Waals surface area contributed by atoms with Crippen molar-refractivity contribution in [2.24, 2.45) is 22.7 Å². The molecule has 0 radical (unpaired) electrons. The summed E-state index contributed by atoms with van der Waals surface area (Å²) in [5.74, 6) is -1.47. The number of carbonyl (C=O) groups is 3. The van der Waals surface area contributed by atoms with Crippen LogP contribution in [0.5, 0.6) is 0 Å². The first-order chi connectivity index (χ1) is 13.4. The Labute approximate surface area is 172 Å². The lowest BCUT2D eigenvalue weighted by Gasteiger charge is -2.56. The molecule has 2 N–H and O–H groups in total. The number of esters is 2. The molecule has 0 spiro atoms. The topological polar surface area (TPSA) is 102 Å². The molecule has 1 aliphatic heterocycles. The number of amides is 1. The fraction of sp³-hybridized carbons (Fsp3) is 0.773. The van der Waals surface area contributed by atoms with Gasteiger partial charge in [-0.25, -0.2) is 9.59 Å². The van der Waals surface area contributed by atoms with Gasteiger partial charge in [-0.05, 0) is 42.1 Å². The molecule has 162 valence electrons. The van der Waals surface area contributed by atoms with Crippen LogP contribution in [0.3, 0.4) is 0 Å². The van der Waals surface area contributed by atoms with Gasteiger partial charge in [0.15, 0.2) is 0 Å². The van der Waals surface area contributed by atoms with Crippen molar-refractivity contribution in [2.75, 3.05) is 6.61 Å². The summed E-state index contributed by atoms with van der Waals surface area (Å²) in [6.07, 6.45) is 0.663. The van der Waals surface area contributed by atoms with Gasteiger partial charge in [0.05, 0.1) is 11.7 Å². The van der Waals surface area contributed by atoms with E-state index in [9.17, 15) is 19.5 Å². The lowest BCUT2D eigenvalue weighted by Crippen LogP contribution is -2.56. The molecule has 7 nitrogen and oxygen atoms in total. The van der Waals surface area contributed by atoms with Crippen molar-refractivity contribution in [1.29, 1.82) is 0 Å². The highest BCUT2D eigenvalue weighted by Gasteiger charge is 2.60. The minimum Gasteiger partial charge on any atom is -0.458 e. The monoisotopic (exact) mass is 407 g/mol. The van der Waals surface area contributed by atoms with Gasteiger partial charge in [0.2, 0.25) is 5.91 Å². The zero-order valence-corrected chi connectivity index (χ0v) is 18.2. The first kappa shape index (κ1) is 21.8. The summed E-state index contributed by atoms with van der Waals surface area (Å²) in [6.45, 7) is 11.5. The minimum atomic E-state index is -0.785. The van der Waals surface area contributed by atoms with Crippen LogP contribution in [0.15, 0.2) is 11.1 Å². The van der Waals surface area contributed by atoms with E-state index < -0.39 is 35.6 Å². The molecule has 1 fully saturated rings. The molecular weight excluding hydrogens is 374 g/mol. The highest BCUT2D eigenvalue weighted by Crippen LogP contribution is 2.60. The van der Waals surface area contributed by atoms with Gasteiger partial charge in [-0.15, -0.1) is 0 Å². The van der Waals surface area contributed by atoms with Gasteiger partial charge in [-0.1, -0.05) is 34.6 Å². The number of aliphatic hydroxyl groups is 1. The van der Waals surface area contributed by atoms with E-state index in [2.05, 4.69) is 19.2 Å². The molecule has 0 aromatic heterocycles. The second kappa shape index (κ2) is 7.42. The molecule has 0 saturated heterocycles. The third kappa shape index (κ3) is 3.58. The number of rotatable bonds is 4. The van der Waals surface area contributed by atoms with Gasteiger partial charge >= 0.3 is 11.9 Å². The number of hydrogen-bond acceptors (Lipinski definition) is 6. The number of cyclic esters (lactones) is 1. The van der Waals surface area contributed by atoms with Crippen LogP contribution < -0.4 is 5.32 Å². The van der Waals surface area contributed by atoms with Crippen molar-refractivity contribution >= 4 is 17.8 Å². The first-order valence-electron chi connectivity index (χ1n) is 10.5. The summed E-state index contributed by atoms with van der Waals surface area (Å²) in [5, 5.41) is 13.5. The maximum absolute atomic E-state index is 12.9. The van der Waals surface area contributed by atoms with Gasteiger partial charge < -0.3 is 19.9 Å². The van der Waals surface area contributed by atoms with Crippen LogP contribution in [0.2, 0.25) is 0 Å². The Morgan fingerprint density at radius 1 is 1.28 bits per heavy atom. The number of nitrogens with one attached hydrogen (secondary N) is 1. The molecule has 1 amide bonds. The first-order valence-corrected chi connectivity index (χ1v) is 10.5. The summed E-state index contributed by atoms with van der Waals surface area (Å²) in [7, 11) is 0. The van der Waals surface area contributed by atoms with E-state index in [1.807, 2.05) is 20.8 Å². The van der Waals surface area contributed by atoms with E-state index in [0.29, 0.717) is 18.4 Å². The standard InChI is InChI=1S/C22H33NO6/c1-11(2)18(23-12(3)24)20(27)29-14-9-15-21(4,5)8-7-16(25)22(15,6)13-10-28-19(26)17(13)14/h11,14-16,18,25H,7-10H2,1-6H3,(H,23,24). The third-order valence-corrected chi connectivity index (χ3v) is 7.27. The van der Waals surface area contributed by atoms with Crippen LogP contribution in [0.4, 0.5) is 0 Å². The highest BCUT2D eigenvalue weighted by molar-refractivity contribution is 5.94. The minimum absolute atomic E-state index is 0.0306. The van der Waals surface area contributed by atoms with Gasteiger partial charge in [0, 0.05) is 12.3 Å².